The standard InChI is InChI=1S/C28H15ClF3NO5/c29-22-11-9-17(28(30,31)32)13-23(22)33-25(35)20-10-8-16(12-21(20)26(33)36)27(37)38-14-24(34)19-7-3-5-15-4-1-2-6-18(15)19/h1-13H,14H2. The molecule has 5 rings (SSSR count). The predicted octanol–water partition coefficient (Wildman–Crippen LogP) is 6.35. The van der Waals surface area contributed by atoms with E-state index in [0.29, 0.717) is 21.9 Å². The molecule has 0 saturated carbocycles. The fourth-order valence-electron chi connectivity index (χ4n) is 4.21. The molecule has 0 radical (unpaired) electrons. The number of Topliss-reactive ketones (excluding diaryl/α,β-unsaturated/α-hetero) is 1. The first-order chi connectivity index (χ1) is 18.1. The lowest BCUT2D eigenvalue weighted by atomic mass is 10.0. The highest BCUT2D eigenvalue weighted by Gasteiger charge is 2.40. The Balaban J connectivity index is 1.37. The van der Waals surface area contributed by atoms with Crippen LogP contribution in [0.2, 0.25) is 5.02 Å². The number of amides is 2. The van der Waals surface area contributed by atoms with Gasteiger partial charge in [0.25, 0.3) is 11.8 Å². The Kier molecular flexibility index (Phi) is 6.24. The van der Waals surface area contributed by atoms with E-state index in [-0.39, 0.29) is 21.7 Å². The minimum atomic E-state index is -4.72. The van der Waals surface area contributed by atoms with Crippen LogP contribution >= 0.6 is 11.6 Å². The Morgan fingerprint density at radius 3 is 2.32 bits per heavy atom. The van der Waals surface area contributed by atoms with E-state index in [1.54, 1.807) is 24.3 Å². The van der Waals surface area contributed by atoms with Crippen molar-refractivity contribution < 1.29 is 37.1 Å². The van der Waals surface area contributed by atoms with Crippen LogP contribution in [0.4, 0.5) is 18.9 Å². The maximum Gasteiger partial charge on any atom is 0.416 e. The van der Waals surface area contributed by atoms with Crippen molar-refractivity contribution in [2.75, 3.05) is 11.5 Å². The van der Waals surface area contributed by atoms with Gasteiger partial charge in [-0.05, 0) is 47.2 Å². The van der Waals surface area contributed by atoms with E-state index in [1.165, 1.54) is 12.1 Å². The van der Waals surface area contributed by atoms with Gasteiger partial charge in [-0.15, -0.1) is 0 Å². The van der Waals surface area contributed by atoms with E-state index in [9.17, 15) is 32.3 Å². The van der Waals surface area contributed by atoms with Gasteiger partial charge in [0.1, 0.15) is 0 Å². The predicted molar refractivity (Wildman–Crippen MR) is 133 cm³/mol. The van der Waals surface area contributed by atoms with Crippen LogP contribution in [0.15, 0.2) is 78.9 Å². The highest BCUT2D eigenvalue weighted by atomic mass is 35.5. The van der Waals surface area contributed by atoms with Crippen molar-refractivity contribution in [3.63, 3.8) is 0 Å². The minimum absolute atomic E-state index is 0.118. The van der Waals surface area contributed by atoms with Gasteiger partial charge in [0.2, 0.25) is 5.78 Å². The molecule has 6 nitrogen and oxygen atoms in total. The summed E-state index contributed by atoms with van der Waals surface area (Å²) in [7, 11) is 0. The maximum absolute atomic E-state index is 13.2. The minimum Gasteiger partial charge on any atom is -0.454 e. The van der Waals surface area contributed by atoms with Crippen molar-refractivity contribution >= 4 is 51.6 Å². The Morgan fingerprint density at radius 2 is 1.55 bits per heavy atom. The highest BCUT2D eigenvalue weighted by Crippen LogP contribution is 2.38. The molecule has 0 saturated heterocycles. The number of alkyl halides is 3. The molecule has 0 fully saturated rings. The van der Waals surface area contributed by atoms with Gasteiger partial charge in [0.15, 0.2) is 6.61 Å². The lowest BCUT2D eigenvalue weighted by Gasteiger charge is -2.17. The SMILES string of the molecule is O=C(OCC(=O)c1cccc2ccccc12)c1ccc2c(c1)C(=O)N(c1cc(C(F)(F)F)ccc1Cl)C2=O. The third-order valence-corrected chi connectivity index (χ3v) is 6.38. The summed E-state index contributed by atoms with van der Waals surface area (Å²) in [5, 5.41) is 1.31. The third-order valence-electron chi connectivity index (χ3n) is 6.06. The fourth-order valence-corrected chi connectivity index (χ4v) is 4.41. The van der Waals surface area contributed by atoms with E-state index < -0.39 is 47.6 Å². The van der Waals surface area contributed by atoms with Gasteiger partial charge in [0, 0.05) is 5.56 Å². The molecule has 0 atom stereocenters. The van der Waals surface area contributed by atoms with Crippen LogP contribution in [0.3, 0.4) is 0 Å². The van der Waals surface area contributed by atoms with Gasteiger partial charge >= 0.3 is 12.1 Å². The number of anilines is 1. The number of carbonyl (C=O) groups excluding carboxylic acids is 4. The lowest BCUT2D eigenvalue weighted by Crippen LogP contribution is -2.30. The number of rotatable bonds is 5. The second-order valence-electron chi connectivity index (χ2n) is 8.40. The first-order valence-electron chi connectivity index (χ1n) is 11.1. The number of hydrogen-bond acceptors (Lipinski definition) is 5. The molecule has 1 aliphatic rings. The van der Waals surface area contributed by atoms with Crippen LogP contribution in [-0.4, -0.2) is 30.2 Å². The van der Waals surface area contributed by atoms with Gasteiger partial charge < -0.3 is 4.74 Å². The van der Waals surface area contributed by atoms with Crippen molar-refractivity contribution in [2.45, 2.75) is 6.18 Å². The topological polar surface area (TPSA) is 80.8 Å². The quantitative estimate of drug-likeness (QED) is 0.168. The summed E-state index contributed by atoms with van der Waals surface area (Å²) in [6.45, 7) is -0.567. The molecule has 10 heteroatoms. The van der Waals surface area contributed by atoms with Gasteiger partial charge in [0.05, 0.1) is 33.0 Å². The molecule has 0 N–H and O–H groups in total. The molecule has 2 amide bonds. The Hall–Kier alpha value is -4.50. The number of ketones is 1. The number of nitrogens with zero attached hydrogens (tertiary/aromatic N) is 1. The number of hydrogen-bond donors (Lipinski definition) is 0. The van der Waals surface area contributed by atoms with Crippen molar-refractivity contribution in [1.82, 2.24) is 0 Å². The van der Waals surface area contributed by atoms with Crippen LogP contribution < -0.4 is 4.90 Å². The van der Waals surface area contributed by atoms with Crippen molar-refractivity contribution in [3.05, 3.63) is 112 Å². The second kappa shape index (κ2) is 9.42. The molecule has 0 spiro atoms. The largest absolute Gasteiger partial charge is 0.454 e. The van der Waals surface area contributed by atoms with E-state index >= 15 is 0 Å². The van der Waals surface area contributed by atoms with Crippen LogP contribution in [0.5, 0.6) is 0 Å². The molecule has 38 heavy (non-hydrogen) atoms. The summed E-state index contributed by atoms with van der Waals surface area (Å²) in [6, 6.07) is 18.2. The molecular weight excluding hydrogens is 523 g/mol. The molecule has 0 aliphatic carbocycles. The van der Waals surface area contributed by atoms with Crippen LogP contribution in [-0.2, 0) is 10.9 Å². The number of imide groups is 1. The van der Waals surface area contributed by atoms with Crippen molar-refractivity contribution in [1.29, 1.82) is 0 Å². The molecule has 0 aromatic heterocycles. The summed E-state index contributed by atoms with van der Waals surface area (Å²) < 4.78 is 44.7. The summed E-state index contributed by atoms with van der Waals surface area (Å²) in [4.78, 5) is 51.8. The number of esters is 1. The number of fused-ring (bicyclic) bond motifs is 2. The summed E-state index contributed by atoms with van der Waals surface area (Å²) in [5.41, 5.74) is -1.59. The molecule has 4 aromatic carbocycles. The number of carbonyl (C=O) groups is 4. The summed E-state index contributed by atoms with van der Waals surface area (Å²) in [6.07, 6.45) is -4.72. The zero-order chi connectivity index (χ0) is 27.2. The van der Waals surface area contributed by atoms with Gasteiger partial charge in [-0.25, -0.2) is 9.69 Å². The molecule has 0 bridgehead atoms. The maximum atomic E-state index is 13.2. The van der Waals surface area contributed by atoms with Crippen LogP contribution in [0.25, 0.3) is 10.8 Å². The van der Waals surface area contributed by atoms with Gasteiger partial charge in [-0.2, -0.15) is 13.2 Å². The Morgan fingerprint density at radius 1 is 0.842 bits per heavy atom. The van der Waals surface area contributed by atoms with E-state index in [4.69, 9.17) is 16.3 Å². The van der Waals surface area contributed by atoms with Crippen molar-refractivity contribution in [2.24, 2.45) is 0 Å². The van der Waals surface area contributed by atoms with Crippen LogP contribution in [0, 0.1) is 0 Å². The third kappa shape index (κ3) is 4.41. The monoisotopic (exact) mass is 537 g/mol. The molecule has 1 aliphatic heterocycles. The molecule has 190 valence electrons. The smallest absolute Gasteiger partial charge is 0.416 e. The summed E-state index contributed by atoms with van der Waals surface area (Å²) in [5.74, 6) is -3.20. The molecule has 4 aromatic rings. The zero-order valence-electron chi connectivity index (χ0n) is 19.2. The van der Waals surface area contributed by atoms with E-state index in [2.05, 4.69) is 0 Å². The Labute approximate surface area is 218 Å². The molecule has 0 unspecified atom stereocenters. The van der Waals surface area contributed by atoms with Crippen molar-refractivity contribution in [3.8, 4) is 0 Å². The van der Waals surface area contributed by atoms with E-state index in [1.807, 2.05) is 18.2 Å². The second-order valence-corrected chi connectivity index (χ2v) is 8.80. The lowest BCUT2D eigenvalue weighted by molar-refractivity contribution is -0.137. The van der Waals surface area contributed by atoms with E-state index in [0.717, 1.165) is 23.6 Å². The normalized spacial score (nSPS) is 13.1. The fraction of sp³-hybridized carbons (Fsp3) is 0.0714. The zero-order valence-corrected chi connectivity index (χ0v) is 20.0. The highest BCUT2D eigenvalue weighted by molar-refractivity contribution is 6.40. The average Bonchev–Trinajstić information content (AvgIpc) is 3.15. The Bertz CT molecular complexity index is 1660. The van der Waals surface area contributed by atoms with Gasteiger partial charge in [-0.3, -0.25) is 14.4 Å². The first-order valence-corrected chi connectivity index (χ1v) is 11.5. The molecule has 1 heterocycles. The van der Waals surface area contributed by atoms with Crippen LogP contribution in [0.1, 0.15) is 47.0 Å². The number of ether oxygens (including phenoxy) is 1. The first kappa shape index (κ1) is 25.2. The van der Waals surface area contributed by atoms with Gasteiger partial charge in [-0.1, -0.05) is 54.1 Å². The summed E-state index contributed by atoms with van der Waals surface area (Å²) >= 11 is 6.02. The number of halogens is 4. The molecular formula is C28H15ClF3NO5. The average molecular weight is 538 g/mol. The number of benzene rings is 4.